The van der Waals surface area contributed by atoms with E-state index in [1.54, 1.807) is 7.11 Å². The quantitative estimate of drug-likeness (QED) is 0.636. The summed E-state index contributed by atoms with van der Waals surface area (Å²) in [6.07, 6.45) is 1.74. The summed E-state index contributed by atoms with van der Waals surface area (Å²) in [4.78, 5) is 14.3. The van der Waals surface area contributed by atoms with Crippen LogP contribution in [0, 0.1) is 0 Å². The van der Waals surface area contributed by atoms with Crippen LogP contribution in [-0.2, 0) is 9.53 Å². The van der Waals surface area contributed by atoms with Crippen molar-refractivity contribution in [2.45, 2.75) is 32.7 Å². The Morgan fingerprint density at radius 1 is 1.30 bits per heavy atom. The molecular weight excluding hydrogens is 292 g/mol. The summed E-state index contributed by atoms with van der Waals surface area (Å²) in [5.41, 5.74) is 1.03. The summed E-state index contributed by atoms with van der Waals surface area (Å²) in [5, 5.41) is 3.11. The van der Waals surface area contributed by atoms with Gasteiger partial charge in [0, 0.05) is 25.8 Å². The number of likely N-dealkylation sites (N-methyl/N-ethyl adjacent to an activating group) is 1. The lowest BCUT2D eigenvalue weighted by Crippen LogP contribution is -2.37. The molecule has 1 amide bonds. The van der Waals surface area contributed by atoms with E-state index in [2.05, 4.69) is 12.2 Å². The van der Waals surface area contributed by atoms with Crippen molar-refractivity contribution in [2.24, 2.45) is 0 Å². The fourth-order valence-corrected chi connectivity index (χ4v) is 2.50. The minimum absolute atomic E-state index is 0.0300. The third-order valence-electron chi connectivity index (χ3n) is 3.64. The van der Waals surface area contributed by atoms with Gasteiger partial charge in [-0.15, -0.1) is 0 Å². The molecule has 0 heterocycles. The molecule has 1 rings (SSSR count). The molecule has 130 valence electrons. The van der Waals surface area contributed by atoms with Crippen LogP contribution in [0.3, 0.4) is 0 Å². The maximum absolute atomic E-state index is 12.3. The molecule has 23 heavy (non-hydrogen) atoms. The number of methoxy groups -OCH3 is 1. The SMILES string of the molecule is CCOc1ccccc1C(CC)NC(=O)CN(C)CCCOC. The fraction of sp³-hybridized carbons (Fsp3) is 0.611. The highest BCUT2D eigenvalue weighted by molar-refractivity contribution is 5.78. The first-order valence-corrected chi connectivity index (χ1v) is 8.30. The molecule has 1 aromatic rings. The van der Waals surface area contributed by atoms with Crippen LogP contribution in [0.2, 0.25) is 0 Å². The van der Waals surface area contributed by atoms with E-state index in [0.717, 1.165) is 30.7 Å². The highest BCUT2D eigenvalue weighted by Crippen LogP contribution is 2.27. The lowest BCUT2D eigenvalue weighted by atomic mass is 10.0. The van der Waals surface area contributed by atoms with Crippen LogP contribution in [0.5, 0.6) is 5.75 Å². The largest absolute Gasteiger partial charge is 0.494 e. The number of para-hydroxylation sites is 1. The molecule has 0 spiro atoms. The molecular formula is C18H30N2O3. The predicted octanol–water partition coefficient (Wildman–Crippen LogP) is 2.62. The van der Waals surface area contributed by atoms with Crippen LogP contribution in [0.4, 0.5) is 0 Å². The number of ether oxygens (including phenoxy) is 2. The van der Waals surface area contributed by atoms with Gasteiger partial charge in [0.15, 0.2) is 0 Å². The molecule has 0 fully saturated rings. The Bertz CT molecular complexity index is 465. The van der Waals surface area contributed by atoms with E-state index in [1.165, 1.54) is 0 Å². The maximum Gasteiger partial charge on any atom is 0.234 e. The standard InChI is InChI=1S/C18H30N2O3/c1-5-16(15-10-7-8-11-17(15)23-6-2)19-18(21)14-20(3)12-9-13-22-4/h7-8,10-11,16H,5-6,9,12-14H2,1-4H3,(H,19,21). The van der Waals surface area contributed by atoms with E-state index >= 15 is 0 Å². The van der Waals surface area contributed by atoms with Crippen LogP contribution in [0.1, 0.15) is 38.3 Å². The Hall–Kier alpha value is -1.59. The number of carbonyl (C=O) groups is 1. The van der Waals surface area contributed by atoms with E-state index in [-0.39, 0.29) is 11.9 Å². The lowest BCUT2D eigenvalue weighted by molar-refractivity contribution is -0.122. The highest BCUT2D eigenvalue weighted by Gasteiger charge is 2.17. The molecule has 0 aromatic heterocycles. The Labute approximate surface area is 140 Å². The Kier molecular flexibility index (Phi) is 9.33. The van der Waals surface area contributed by atoms with Gasteiger partial charge >= 0.3 is 0 Å². The molecule has 0 saturated heterocycles. The second kappa shape index (κ2) is 11.0. The van der Waals surface area contributed by atoms with Crippen LogP contribution >= 0.6 is 0 Å². The molecule has 1 unspecified atom stereocenters. The summed E-state index contributed by atoms with van der Waals surface area (Å²) in [7, 11) is 3.64. The molecule has 0 aliphatic heterocycles. The second-order valence-electron chi connectivity index (χ2n) is 5.58. The van der Waals surface area contributed by atoms with E-state index < -0.39 is 0 Å². The summed E-state index contributed by atoms with van der Waals surface area (Å²) in [6.45, 7) is 6.58. The monoisotopic (exact) mass is 322 g/mol. The van der Waals surface area contributed by atoms with Gasteiger partial charge in [-0.3, -0.25) is 9.69 Å². The number of rotatable bonds is 11. The first-order chi connectivity index (χ1) is 11.1. The van der Waals surface area contributed by atoms with E-state index in [1.807, 2.05) is 43.1 Å². The van der Waals surface area contributed by atoms with Gasteiger partial charge in [0.25, 0.3) is 0 Å². The molecule has 0 saturated carbocycles. The second-order valence-corrected chi connectivity index (χ2v) is 5.58. The third kappa shape index (κ3) is 7.01. The Morgan fingerprint density at radius 2 is 2.04 bits per heavy atom. The number of benzene rings is 1. The van der Waals surface area contributed by atoms with E-state index in [4.69, 9.17) is 9.47 Å². The summed E-state index contributed by atoms with van der Waals surface area (Å²) < 4.78 is 10.7. The lowest BCUT2D eigenvalue weighted by Gasteiger charge is -2.22. The molecule has 0 radical (unpaired) electrons. The third-order valence-corrected chi connectivity index (χ3v) is 3.64. The molecule has 5 nitrogen and oxygen atoms in total. The Morgan fingerprint density at radius 3 is 2.70 bits per heavy atom. The van der Waals surface area contributed by atoms with Gasteiger partial charge in [-0.1, -0.05) is 25.1 Å². The zero-order valence-electron chi connectivity index (χ0n) is 14.8. The summed E-state index contributed by atoms with van der Waals surface area (Å²) in [6, 6.07) is 7.86. The van der Waals surface area contributed by atoms with Gasteiger partial charge in [-0.25, -0.2) is 0 Å². The van der Waals surface area contributed by atoms with Crippen molar-refractivity contribution < 1.29 is 14.3 Å². The smallest absolute Gasteiger partial charge is 0.234 e. The zero-order valence-corrected chi connectivity index (χ0v) is 14.8. The molecule has 1 atom stereocenters. The molecule has 0 aliphatic rings. The van der Waals surface area contributed by atoms with Crippen LogP contribution in [0.25, 0.3) is 0 Å². The normalized spacial score (nSPS) is 12.2. The van der Waals surface area contributed by atoms with Gasteiger partial charge in [-0.05, 0) is 32.9 Å². The molecule has 1 N–H and O–H groups in total. The molecule has 5 heteroatoms. The summed E-state index contributed by atoms with van der Waals surface area (Å²) >= 11 is 0. The highest BCUT2D eigenvalue weighted by atomic mass is 16.5. The number of nitrogens with zero attached hydrogens (tertiary/aromatic N) is 1. The minimum atomic E-state index is -0.0300. The zero-order chi connectivity index (χ0) is 17.1. The van der Waals surface area contributed by atoms with Crippen molar-refractivity contribution in [1.82, 2.24) is 10.2 Å². The number of amides is 1. The maximum atomic E-state index is 12.3. The number of nitrogens with one attached hydrogen (secondary N) is 1. The van der Waals surface area contributed by atoms with Gasteiger partial charge < -0.3 is 14.8 Å². The van der Waals surface area contributed by atoms with Gasteiger partial charge in [0.1, 0.15) is 5.75 Å². The molecule has 0 aliphatic carbocycles. The van der Waals surface area contributed by atoms with Crippen molar-refractivity contribution >= 4 is 5.91 Å². The fourth-order valence-electron chi connectivity index (χ4n) is 2.50. The van der Waals surface area contributed by atoms with Crippen LogP contribution < -0.4 is 10.1 Å². The Balaban J connectivity index is 2.60. The topological polar surface area (TPSA) is 50.8 Å². The van der Waals surface area contributed by atoms with Crippen LogP contribution in [-0.4, -0.2) is 51.3 Å². The van der Waals surface area contributed by atoms with Crippen molar-refractivity contribution in [3.8, 4) is 5.75 Å². The first kappa shape index (κ1) is 19.5. The average Bonchev–Trinajstić information content (AvgIpc) is 2.54. The van der Waals surface area contributed by atoms with E-state index in [0.29, 0.717) is 19.8 Å². The summed E-state index contributed by atoms with van der Waals surface area (Å²) in [5.74, 6) is 0.874. The van der Waals surface area contributed by atoms with Crippen LogP contribution in [0.15, 0.2) is 24.3 Å². The van der Waals surface area contributed by atoms with Gasteiger partial charge in [-0.2, -0.15) is 0 Å². The van der Waals surface area contributed by atoms with E-state index in [9.17, 15) is 4.79 Å². The number of carbonyl (C=O) groups excluding carboxylic acids is 1. The number of hydrogen-bond donors (Lipinski definition) is 1. The number of hydrogen-bond acceptors (Lipinski definition) is 4. The minimum Gasteiger partial charge on any atom is -0.494 e. The van der Waals surface area contributed by atoms with Crippen molar-refractivity contribution in [1.29, 1.82) is 0 Å². The molecule has 1 aromatic carbocycles. The molecule has 0 bridgehead atoms. The van der Waals surface area contributed by atoms with Crippen molar-refractivity contribution in [2.75, 3.05) is 40.5 Å². The van der Waals surface area contributed by atoms with Crippen molar-refractivity contribution in [3.63, 3.8) is 0 Å². The van der Waals surface area contributed by atoms with Gasteiger partial charge in [0.05, 0.1) is 19.2 Å². The van der Waals surface area contributed by atoms with Gasteiger partial charge in [0.2, 0.25) is 5.91 Å². The average molecular weight is 322 g/mol. The van der Waals surface area contributed by atoms with Crippen molar-refractivity contribution in [3.05, 3.63) is 29.8 Å². The predicted molar refractivity (Wildman–Crippen MR) is 92.8 cm³/mol. The first-order valence-electron chi connectivity index (χ1n) is 8.30.